The third-order valence-electron chi connectivity index (χ3n) is 5.14. The van der Waals surface area contributed by atoms with Gasteiger partial charge >= 0.3 is 0 Å². The number of H-pyrrole nitrogens is 1. The topological polar surface area (TPSA) is 36.9 Å². The number of rotatable bonds is 3. The average molecular weight is 294 g/mol. The van der Waals surface area contributed by atoms with Gasteiger partial charge in [-0.15, -0.1) is 5.10 Å². The van der Waals surface area contributed by atoms with Crippen LogP contribution in [-0.4, -0.2) is 27.9 Å². The van der Waals surface area contributed by atoms with E-state index < -0.39 is 0 Å². The van der Waals surface area contributed by atoms with Gasteiger partial charge in [-0.3, -0.25) is 4.57 Å². The second kappa shape index (κ2) is 5.88. The van der Waals surface area contributed by atoms with Crippen LogP contribution in [0.3, 0.4) is 0 Å². The molecule has 3 rings (SSSR count). The summed E-state index contributed by atoms with van der Waals surface area (Å²) in [5.74, 6) is 2.75. The van der Waals surface area contributed by atoms with Crippen molar-refractivity contribution in [2.24, 2.45) is 11.8 Å². The molecule has 1 aliphatic carbocycles. The van der Waals surface area contributed by atoms with Crippen LogP contribution in [0.4, 0.5) is 5.95 Å². The molecule has 112 valence electrons. The molecule has 1 aromatic rings. The molecular formula is C15H26N4S. The molecule has 1 saturated heterocycles. The molecule has 1 N–H and O–H groups in total. The first kappa shape index (κ1) is 14.1. The summed E-state index contributed by atoms with van der Waals surface area (Å²) in [6.45, 7) is 6.92. The zero-order chi connectivity index (χ0) is 14.1. The van der Waals surface area contributed by atoms with Gasteiger partial charge in [-0.2, -0.15) is 0 Å². The Morgan fingerprint density at radius 1 is 1.15 bits per heavy atom. The van der Waals surface area contributed by atoms with Crippen LogP contribution in [0.5, 0.6) is 0 Å². The molecule has 0 spiro atoms. The number of hydrogen-bond donors (Lipinski definition) is 1. The van der Waals surface area contributed by atoms with Crippen molar-refractivity contribution >= 4 is 18.2 Å². The second-order valence-electron chi connectivity index (χ2n) is 6.71. The van der Waals surface area contributed by atoms with Gasteiger partial charge in [0.25, 0.3) is 0 Å². The molecule has 20 heavy (non-hydrogen) atoms. The zero-order valence-corrected chi connectivity index (χ0v) is 13.5. The van der Waals surface area contributed by atoms with Crippen molar-refractivity contribution in [3.8, 4) is 0 Å². The Labute approximate surface area is 126 Å². The molecule has 4 nitrogen and oxygen atoms in total. The summed E-state index contributed by atoms with van der Waals surface area (Å²) in [5, 5.41) is 7.55. The van der Waals surface area contributed by atoms with E-state index in [2.05, 4.69) is 33.5 Å². The van der Waals surface area contributed by atoms with Gasteiger partial charge in [-0.05, 0) is 49.7 Å². The molecule has 0 atom stereocenters. The highest BCUT2D eigenvalue weighted by Crippen LogP contribution is 2.34. The molecule has 1 aromatic heterocycles. The smallest absolute Gasteiger partial charge is 0.225 e. The third kappa shape index (κ3) is 2.65. The molecule has 1 aliphatic heterocycles. The summed E-state index contributed by atoms with van der Waals surface area (Å²) in [6.07, 6.45) is 7.72. The van der Waals surface area contributed by atoms with E-state index >= 15 is 0 Å². The number of piperidine rings is 1. The molecule has 0 amide bonds. The van der Waals surface area contributed by atoms with Crippen molar-refractivity contribution in [1.82, 2.24) is 14.8 Å². The standard InChI is InChI=1S/C15H26N4S/c1-11(2)12-7-9-18(10-8-12)14-16-17-15(20)19(14)13-5-3-4-6-13/h11-13H,3-10H2,1-2H3,(H,17,20). The highest BCUT2D eigenvalue weighted by Gasteiger charge is 2.27. The van der Waals surface area contributed by atoms with Gasteiger partial charge in [0, 0.05) is 19.1 Å². The maximum absolute atomic E-state index is 5.46. The molecule has 2 heterocycles. The molecule has 5 heteroatoms. The maximum Gasteiger partial charge on any atom is 0.225 e. The fourth-order valence-corrected chi connectivity index (χ4v) is 4.05. The van der Waals surface area contributed by atoms with Gasteiger partial charge in [-0.25, -0.2) is 5.10 Å². The lowest BCUT2D eigenvalue weighted by Gasteiger charge is -2.35. The van der Waals surface area contributed by atoms with E-state index in [-0.39, 0.29) is 0 Å². The summed E-state index contributed by atoms with van der Waals surface area (Å²) in [5.41, 5.74) is 0. The van der Waals surface area contributed by atoms with E-state index in [9.17, 15) is 0 Å². The summed E-state index contributed by atoms with van der Waals surface area (Å²) >= 11 is 5.46. The van der Waals surface area contributed by atoms with Gasteiger partial charge < -0.3 is 4.90 Å². The minimum absolute atomic E-state index is 0.569. The lowest BCUT2D eigenvalue weighted by atomic mass is 9.87. The van der Waals surface area contributed by atoms with Gasteiger partial charge in [0.15, 0.2) is 4.77 Å². The van der Waals surface area contributed by atoms with Crippen molar-refractivity contribution in [2.75, 3.05) is 18.0 Å². The van der Waals surface area contributed by atoms with Gasteiger partial charge in [0.2, 0.25) is 5.95 Å². The summed E-state index contributed by atoms with van der Waals surface area (Å²) < 4.78 is 3.09. The van der Waals surface area contributed by atoms with Crippen molar-refractivity contribution in [3.63, 3.8) is 0 Å². The van der Waals surface area contributed by atoms with Gasteiger partial charge in [0.05, 0.1) is 0 Å². The lowest BCUT2D eigenvalue weighted by Crippen LogP contribution is -2.37. The Kier molecular flexibility index (Phi) is 4.15. The Hall–Kier alpha value is -0.840. The fourth-order valence-electron chi connectivity index (χ4n) is 3.78. The first-order valence-corrected chi connectivity index (χ1v) is 8.49. The van der Waals surface area contributed by atoms with Crippen LogP contribution in [0.15, 0.2) is 0 Å². The Morgan fingerprint density at radius 3 is 2.40 bits per heavy atom. The van der Waals surface area contributed by atoms with Crippen molar-refractivity contribution in [1.29, 1.82) is 0 Å². The minimum atomic E-state index is 0.569. The Morgan fingerprint density at radius 2 is 1.80 bits per heavy atom. The van der Waals surface area contributed by atoms with Crippen LogP contribution in [0.2, 0.25) is 0 Å². The quantitative estimate of drug-likeness (QED) is 0.858. The third-order valence-corrected chi connectivity index (χ3v) is 5.43. The van der Waals surface area contributed by atoms with Crippen LogP contribution in [0.25, 0.3) is 0 Å². The molecule has 0 bridgehead atoms. The second-order valence-corrected chi connectivity index (χ2v) is 7.09. The van der Waals surface area contributed by atoms with Crippen molar-refractivity contribution < 1.29 is 0 Å². The molecule has 1 saturated carbocycles. The average Bonchev–Trinajstić information content (AvgIpc) is 3.07. The number of aromatic nitrogens is 3. The summed E-state index contributed by atoms with van der Waals surface area (Å²) in [6, 6.07) is 0.569. The van der Waals surface area contributed by atoms with Crippen molar-refractivity contribution in [3.05, 3.63) is 4.77 Å². The molecule has 0 aromatic carbocycles. The van der Waals surface area contributed by atoms with Crippen LogP contribution in [-0.2, 0) is 0 Å². The predicted molar refractivity (Wildman–Crippen MR) is 84.7 cm³/mol. The van der Waals surface area contributed by atoms with E-state index in [1.54, 1.807) is 0 Å². The number of nitrogens with zero attached hydrogens (tertiary/aromatic N) is 3. The highest BCUT2D eigenvalue weighted by molar-refractivity contribution is 7.71. The minimum Gasteiger partial charge on any atom is -0.341 e. The van der Waals surface area contributed by atoms with E-state index in [1.165, 1.54) is 38.5 Å². The summed E-state index contributed by atoms with van der Waals surface area (Å²) in [4.78, 5) is 2.43. The predicted octanol–water partition coefficient (Wildman–Crippen LogP) is 3.93. The number of aromatic amines is 1. The first-order valence-electron chi connectivity index (χ1n) is 8.08. The maximum atomic E-state index is 5.46. The Bertz CT molecular complexity index is 490. The number of nitrogens with one attached hydrogen (secondary N) is 1. The monoisotopic (exact) mass is 294 g/mol. The normalized spacial score (nSPS) is 22.1. The van der Waals surface area contributed by atoms with E-state index in [4.69, 9.17) is 12.2 Å². The molecule has 2 aliphatic rings. The SMILES string of the molecule is CC(C)C1CCN(c2n[nH]c(=S)n2C2CCCC2)CC1. The lowest BCUT2D eigenvalue weighted by molar-refractivity contribution is 0.308. The first-order chi connectivity index (χ1) is 9.66. The van der Waals surface area contributed by atoms with Gasteiger partial charge in [0.1, 0.15) is 0 Å². The van der Waals surface area contributed by atoms with Gasteiger partial charge in [-0.1, -0.05) is 26.7 Å². The number of hydrogen-bond acceptors (Lipinski definition) is 3. The van der Waals surface area contributed by atoms with E-state index in [1.807, 2.05) is 0 Å². The fraction of sp³-hybridized carbons (Fsp3) is 0.867. The molecule has 2 fully saturated rings. The van der Waals surface area contributed by atoms with Crippen molar-refractivity contribution in [2.45, 2.75) is 58.4 Å². The van der Waals surface area contributed by atoms with Crippen LogP contribution in [0.1, 0.15) is 58.4 Å². The zero-order valence-electron chi connectivity index (χ0n) is 12.6. The summed E-state index contributed by atoms with van der Waals surface area (Å²) in [7, 11) is 0. The van der Waals surface area contributed by atoms with E-state index in [0.29, 0.717) is 6.04 Å². The number of anilines is 1. The van der Waals surface area contributed by atoms with Crippen LogP contribution in [0, 0.1) is 16.6 Å². The molecule has 0 radical (unpaired) electrons. The van der Waals surface area contributed by atoms with Crippen LogP contribution < -0.4 is 4.90 Å². The Balaban J connectivity index is 1.76. The molecule has 0 unspecified atom stereocenters. The van der Waals surface area contributed by atoms with Crippen LogP contribution >= 0.6 is 12.2 Å². The largest absolute Gasteiger partial charge is 0.341 e. The highest BCUT2D eigenvalue weighted by atomic mass is 32.1. The molecular weight excluding hydrogens is 268 g/mol. The van der Waals surface area contributed by atoms with E-state index in [0.717, 1.165) is 35.6 Å².